The van der Waals surface area contributed by atoms with Crippen molar-refractivity contribution < 1.29 is 34.3 Å². The van der Waals surface area contributed by atoms with Gasteiger partial charge in [-0.05, 0) is 26.3 Å². The SMILES string of the molecule is COc1ccc([C@H]2COc3cc(O)c(CC=C(C)C)c(O)c3C2=O)c(OC)c1O. The number of carbonyl (C=O) groups excluding carboxylic acids is 1. The lowest BCUT2D eigenvalue weighted by Gasteiger charge is -2.27. The molecule has 2 aromatic rings. The fourth-order valence-corrected chi connectivity index (χ4v) is 3.41. The average molecular weight is 400 g/mol. The summed E-state index contributed by atoms with van der Waals surface area (Å²) in [7, 11) is 2.80. The predicted molar refractivity (Wildman–Crippen MR) is 107 cm³/mol. The van der Waals surface area contributed by atoms with E-state index in [1.807, 2.05) is 19.9 Å². The molecule has 0 saturated heterocycles. The number of methoxy groups -OCH3 is 2. The van der Waals surface area contributed by atoms with Crippen LogP contribution in [0.15, 0.2) is 29.8 Å². The molecule has 0 spiro atoms. The quantitative estimate of drug-likeness (QED) is 0.657. The zero-order valence-corrected chi connectivity index (χ0v) is 16.8. The van der Waals surface area contributed by atoms with Crippen molar-refractivity contribution in [2.24, 2.45) is 0 Å². The maximum Gasteiger partial charge on any atom is 0.201 e. The maximum atomic E-state index is 13.3. The minimum absolute atomic E-state index is 0.00793. The smallest absolute Gasteiger partial charge is 0.201 e. The molecule has 0 saturated carbocycles. The lowest BCUT2D eigenvalue weighted by molar-refractivity contribution is 0.0889. The number of Topliss-reactive ketones (excluding diaryl/α,β-unsaturated/α-hetero) is 1. The number of hydrogen-bond donors (Lipinski definition) is 3. The second kappa shape index (κ2) is 7.95. The Labute approximate surface area is 168 Å². The second-order valence-electron chi connectivity index (χ2n) is 7.05. The molecule has 0 amide bonds. The Morgan fingerprint density at radius 3 is 2.52 bits per heavy atom. The fraction of sp³-hybridized carbons (Fsp3) is 0.318. The number of rotatable bonds is 5. The van der Waals surface area contributed by atoms with E-state index in [0.717, 1.165) is 5.57 Å². The lowest BCUT2D eigenvalue weighted by Crippen LogP contribution is -2.27. The van der Waals surface area contributed by atoms with Gasteiger partial charge in [-0.15, -0.1) is 0 Å². The van der Waals surface area contributed by atoms with Crippen molar-refractivity contribution in [2.75, 3.05) is 20.8 Å². The largest absolute Gasteiger partial charge is 0.507 e. The molecule has 7 nitrogen and oxygen atoms in total. The van der Waals surface area contributed by atoms with Crippen LogP contribution in [0.25, 0.3) is 0 Å². The van der Waals surface area contributed by atoms with E-state index in [1.165, 1.54) is 26.4 Å². The van der Waals surface area contributed by atoms with Gasteiger partial charge < -0.3 is 29.5 Å². The number of benzene rings is 2. The van der Waals surface area contributed by atoms with Gasteiger partial charge in [0.25, 0.3) is 0 Å². The monoisotopic (exact) mass is 400 g/mol. The summed E-state index contributed by atoms with van der Waals surface area (Å²) in [6.45, 7) is 3.78. The Bertz CT molecular complexity index is 987. The summed E-state index contributed by atoms with van der Waals surface area (Å²) >= 11 is 0. The van der Waals surface area contributed by atoms with Crippen LogP contribution in [0.5, 0.6) is 34.5 Å². The predicted octanol–water partition coefficient (Wildman–Crippen LogP) is 3.69. The van der Waals surface area contributed by atoms with Crippen molar-refractivity contribution in [1.82, 2.24) is 0 Å². The van der Waals surface area contributed by atoms with Crippen LogP contribution in [0.2, 0.25) is 0 Å². The molecule has 0 radical (unpaired) electrons. The maximum absolute atomic E-state index is 13.3. The summed E-state index contributed by atoms with van der Waals surface area (Å²) in [5.74, 6) is -1.39. The number of ether oxygens (including phenoxy) is 3. The van der Waals surface area contributed by atoms with Crippen molar-refractivity contribution in [3.63, 3.8) is 0 Å². The third-order valence-electron chi connectivity index (χ3n) is 4.95. The Hall–Kier alpha value is -3.35. The number of hydrogen-bond acceptors (Lipinski definition) is 7. The van der Waals surface area contributed by atoms with Crippen LogP contribution in [-0.4, -0.2) is 41.9 Å². The van der Waals surface area contributed by atoms with E-state index in [2.05, 4.69) is 0 Å². The van der Waals surface area contributed by atoms with E-state index in [9.17, 15) is 20.1 Å². The van der Waals surface area contributed by atoms with Crippen LogP contribution in [0.4, 0.5) is 0 Å². The van der Waals surface area contributed by atoms with Crippen LogP contribution < -0.4 is 14.2 Å². The van der Waals surface area contributed by atoms with Gasteiger partial charge in [-0.3, -0.25) is 4.79 Å². The average Bonchev–Trinajstić information content (AvgIpc) is 2.67. The molecule has 0 aromatic heterocycles. The number of phenols is 3. The summed E-state index contributed by atoms with van der Waals surface area (Å²) in [6.07, 6.45) is 2.12. The van der Waals surface area contributed by atoms with Gasteiger partial charge in [0.2, 0.25) is 5.75 Å². The zero-order chi connectivity index (χ0) is 21.3. The molecule has 7 heteroatoms. The van der Waals surface area contributed by atoms with E-state index in [1.54, 1.807) is 6.07 Å². The fourth-order valence-electron chi connectivity index (χ4n) is 3.41. The topological polar surface area (TPSA) is 105 Å². The number of ketones is 1. The molecule has 2 aromatic carbocycles. The normalized spacial score (nSPS) is 15.3. The molecular weight excluding hydrogens is 376 g/mol. The second-order valence-corrected chi connectivity index (χ2v) is 7.05. The lowest BCUT2D eigenvalue weighted by atomic mass is 9.86. The highest BCUT2D eigenvalue weighted by molar-refractivity contribution is 6.07. The third kappa shape index (κ3) is 3.55. The number of aromatic hydroxyl groups is 3. The van der Waals surface area contributed by atoms with E-state index < -0.39 is 5.92 Å². The van der Waals surface area contributed by atoms with Gasteiger partial charge in [0.05, 0.1) is 20.1 Å². The van der Waals surface area contributed by atoms with Crippen LogP contribution in [0.1, 0.15) is 41.3 Å². The van der Waals surface area contributed by atoms with E-state index in [-0.39, 0.29) is 64.4 Å². The summed E-state index contributed by atoms with van der Waals surface area (Å²) in [5, 5.41) is 31.3. The Balaban J connectivity index is 2.09. The molecule has 1 atom stereocenters. The van der Waals surface area contributed by atoms with Crippen LogP contribution in [0, 0.1) is 0 Å². The summed E-state index contributed by atoms with van der Waals surface area (Å²) < 4.78 is 16.1. The van der Waals surface area contributed by atoms with Gasteiger partial charge in [-0.2, -0.15) is 0 Å². The highest BCUT2D eigenvalue weighted by atomic mass is 16.5. The first-order valence-electron chi connectivity index (χ1n) is 9.12. The van der Waals surface area contributed by atoms with Crippen molar-refractivity contribution in [3.8, 4) is 34.5 Å². The number of fused-ring (bicyclic) bond motifs is 1. The molecule has 0 fully saturated rings. The van der Waals surface area contributed by atoms with E-state index >= 15 is 0 Å². The Morgan fingerprint density at radius 2 is 1.90 bits per heavy atom. The highest BCUT2D eigenvalue weighted by Crippen LogP contribution is 2.47. The molecule has 1 aliphatic rings. The molecular formula is C22H24O7. The summed E-state index contributed by atoms with van der Waals surface area (Å²) in [4.78, 5) is 13.3. The van der Waals surface area contributed by atoms with Gasteiger partial charge in [-0.1, -0.05) is 17.7 Å². The van der Waals surface area contributed by atoms with Crippen LogP contribution in [-0.2, 0) is 6.42 Å². The van der Waals surface area contributed by atoms with Crippen LogP contribution in [0.3, 0.4) is 0 Å². The Morgan fingerprint density at radius 1 is 1.17 bits per heavy atom. The summed E-state index contributed by atoms with van der Waals surface area (Å²) in [5.41, 5.74) is 1.70. The third-order valence-corrected chi connectivity index (χ3v) is 4.95. The number of phenolic OH excluding ortho intramolecular Hbond substituents is 3. The number of carbonyl (C=O) groups is 1. The molecule has 3 rings (SSSR count). The molecule has 0 bridgehead atoms. The van der Waals surface area contributed by atoms with Gasteiger partial charge >= 0.3 is 0 Å². The standard InChI is InChI=1S/C22H24O7/c1-11(2)5-6-13-15(23)9-17-18(19(13)24)20(25)14(10-29-17)12-7-8-16(27-3)21(26)22(12)28-4/h5,7-9,14,23-24,26H,6,10H2,1-4H3/t14-/m1/s1. The molecule has 29 heavy (non-hydrogen) atoms. The van der Waals surface area contributed by atoms with E-state index in [4.69, 9.17) is 14.2 Å². The minimum atomic E-state index is -0.805. The van der Waals surface area contributed by atoms with Crippen molar-refractivity contribution >= 4 is 5.78 Å². The van der Waals surface area contributed by atoms with Crippen LogP contribution >= 0.6 is 0 Å². The first kappa shape index (κ1) is 20.4. The highest BCUT2D eigenvalue weighted by Gasteiger charge is 2.37. The molecule has 3 N–H and O–H groups in total. The van der Waals surface area contributed by atoms with Gasteiger partial charge in [0, 0.05) is 17.2 Å². The van der Waals surface area contributed by atoms with Crippen molar-refractivity contribution in [1.29, 1.82) is 0 Å². The zero-order valence-electron chi connectivity index (χ0n) is 16.8. The minimum Gasteiger partial charge on any atom is -0.507 e. The Kier molecular flexibility index (Phi) is 5.59. The summed E-state index contributed by atoms with van der Waals surface area (Å²) in [6, 6.07) is 4.50. The van der Waals surface area contributed by atoms with E-state index in [0.29, 0.717) is 5.56 Å². The molecule has 0 unspecified atom stereocenters. The van der Waals surface area contributed by atoms with Gasteiger partial charge in [0.15, 0.2) is 17.3 Å². The molecule has 1 aliphatic heterocycles. The number of allylic oxidation sites excluding steroid dienone is 2. The van der Waals surface area contributed by atoms with Gasteiger partial charge in [0.1, 0.15) is 29.4 Å². The van der Waals surface area contributed by atoms with Crippen molar-refractivity contribution in [3.05, 3.63) is 46.5 Å². The first-order valence-corrected chi connectivity index (χ1v) is 9.12. The molecule has 0 aliphatic carbocycles. The first-order chi connectivity index (χ1) is 13.8. The molecule has 1 heterocycles. The molecule has 154 valence electrons. The van der Waals surface area contributed by atoms with Crippen molar-refractivity contribution in [2.45, 2.75) is 26.2 Å². The van der Waals surface area contributed by atoms with Gasteiger partial charge in [-0.25, -0.2) is 0 Å².